The van der Waals surface area contributed by atoms with Crippen molar-refractivity contribution < 1.29 is 28.9 Å². The summed E-state index contributed by atoms with van der Waals surface area (Å²) < 4.78 is 14.6. The van der Waals surface area contributed by atoms with Gasteiger partial charge in [-0.25, -0.2) is 9.59 Å². The molecule has 0 aliphatic heterocycles. The predicted molar refractivity (Wildman–Crippen MR) is 73.1 cm³/mol. The number of hydrogen-bond donors (Lipinski definition) is 1. The lowest BCUT2D eigenvalue weighted by molar-refractivity contribution is -0.182. The third kappa shape index (κ3) is 5.88. The van der Waals surface area contributed by atoms with Crippen molar-refractivity contribution in [2.45, 2.75) is 58.3 Å². The molecule has 118 valence electrons. The summed E-state index contributed by atoms with van der Waals surface area (Å²) in [5, 5.41) is 9.83. The Hall–Kier alpha value is -1.14. The van der Waals surface area contributed by atoms with E-state index in [1.807, 2.05) is 13.8 Å². The molecule has 0 bridgehead atoms. The summed E-state index contributed by atoms with van der Waals surface area (Å²) >= 11 is 0. The molecule has 20 heavy (non-hydrogen) atoms. The van der Waals surface area contributed by atoms with Crippen LogP contribution < -0.4 is 0 Å². The van der Waals surface area contributed by atoms with E-state index in [9.17, 15) is 14.7 Å². The lowest BCUT2D eigenvalue weighted by atomic mass is 10.0. The van der Waals surface area contributed by atoms with Gasteiger partial charge in [0.1, 0.15) is 0 Å². The molecule has 0 saturated carbocycles. The summed E-state index contributed by atoms with van der Waals surface area (Å²) in [5.74, 6) is -1.55. The fourth-order valence-electron chi connectivity index (χ4n) is 1.77. The molecule has 0 aliphatic rings. The van der Waals surface area contributed by atoms with Crippen LogP contribution in [-0.2, 0) is 23.8 Å². The molecule has 0 aromatic carbocycles. The minimum Gasteiger partial charge on any atom is -0.467 e. The highest BCUT2D eigenvalue weighted by atomic mass is 16.6. The van der Waals surface area contributed by atoms with Crippen LogP contribution in [0.5, 0.6) is 0 Å². The average Bonchev–Trinajstić information content (AvgIpc) is 2.44. The Morgan fingerprint density at radius 3 is 2.05 bits per heavy atom. The summed E-state index contributed by atoms with van der Waals surface area (Å²) in [7, 11) is 2.32. The zero-order valence-corrected chi connectivity index (χ0v) is 12.9. The van der Waals surface area contributed by atoms with E-state index in [1.54, 1.807) is 0 Å². The summed E-state index contributed by atoms with van der Waals surface area (Å²) in [4.78, 5) is 23.1. The van der Waals surface area contributed by atoms with E-state index in [0.717, 1.165) is 26.4 Å². The molecule has 6 nitrogen and oxygen atoms in total. The van der Waals surface area contributed by atoms with Crippen molar-refractivity contribution in [3.8, 4) is 0 Å². The Morgan fingerprint density at radius 2 is 1.65 bits per heavy atom. The number of ether oxygens (including phenoxy) is 3. The Bertz CT molecular complexity index is 302. The van der Waals surface area contributed by atoms with Gasteiger partial charge in [-0.2, -0.15) is 0 Å². The monoisotopic (exact) mass is 290 g/mol. The molecule has 0 rings (SSSR count). The molecule has 0 unspecified atom stereocenters. The van der Waals surface area contributed by atoms with Gasteiger partial charge in [-0.3, -0.25) is 0 Å². The Labute approximate surface area is 120 Å². The Balaban J connectivity index is 4.93. The van der Waals surface area contributed by atoms with Gasteiger partial charge < -0.3 is 19.3 Å². The van der Waals surface area contributed by atoms with Crippen molar-refractivity contribution in [2.75, 3.05) is 14.2 Å². The van der Waals surface area contributed by atoms with E-state index in [1.165, 1.54) is 7.11 Å². The summed E-state index contributed by atoms with van der Waals surface area (Å²) in [5.41, 5.74) is 0. The lowest BCUT2D eigenvalue weighted by Gasteiger charge is -2.27. The molecule has 6 heteroatoms. The number of rotatable bonds is 9. The van der Waals surface area contributed by atoms with Crippen LogP contribution in [0, 0.1) is 5.92 Å². The first kappa shape index (κ1) is 18.9. The third-order valence-electron chi connectivity index (χ3n) is 3.07. The van der Waals surface area contributed by atoms with Crippen molar-refractivity contribution in [3.63, 3.8) is 0 Å². The van der Waals surface area contributed by atoms with Crippen molar-refractivity contribution in [1.82, 2.24) is 0 Å². The number of aliphatic hydroxyl groups is 1. The maximum Gasteiger partial charge on any atom is 0.338 e. The smallest absolute Gasteiger partial charge is 0.338 e. The van der Waals surface area contributed by atoms with Gasteiger partial charge >= 0.3 is 11.9 Å². The number of methoxy groups -OCH3 is 2. The van der Waals surface area contributed by atoms with Crippen LogP contribution in [0.2, 0.25) is 0 Å². The minimum absolute atomic E-state index is 0.151. The Kier molecular flexibility index (Phi) is 9.16. The second-order valence-corrected chi connectivity index (χ2v) is 4.97. The van der Waals surface area contributed by atoms with Gasteiger partial charge in [-0.15, -0.1) is 0 Å². The van der Waals surface area contributed by atoms with Gasteiger partial charge in [-0.05, 0) is 12.3 Å². The second-order valence-electron chi connectivity index (χ2n) is 4.97. The summed E-state index contributed by atoms with van der Waals surface area (Å²) in [6.45, 7) is 5.97. The van der Waals surface area contributed by atoms with Crippen LogP contribution in [-0.4, -0.2) is 49.6 Å². The van der Waals surface area contributed by atoms with Crippen LogP contribution in [0.1, 0.15) is 40.0 Å². The maximum atomic E-state index is 11.7. The highest BCUT2D eigenvalue weighted by molar-refractivity contribution is 5.85. The number of carbonyl (C=O) groups excluding carboxylic acids is 2. The molecule has 1 N–H and O–H groups in total. The van der Waals surface area contributed by atoms with Gasteiger partial charge in [0.05, 0.1) is 20.3 Å². The zero-order chi connectivity index (χ0) is 15.7. The SMILES string of the molecule is CCCC[C@@H](O[C@@H](C(=O)OC)[C@@H](O)C(=O)OC)C(C)C. The minimum atomic E-state index is -1.68. The molecule has 0 heterocycles. The average molecular weight is 290 g/mol. The summed E-state index contributed by atoms with van der Waals surface area (Å²) in [6.07, 6.45) is -0.610. The highest BCUT2D eigenvalue weighted by Crippen LogP contribution is 2.18. The first-order chi connectivity index (χ1) is 9.38. The van der Waals surface area contributed by atoms with Crippen LogP contribution in [0.25, 0.3) is 0 Å². The molecule has 0 aromatic rings. The molecule has 0 fully saturated rings. The van der Waals surface area contributed by atoms with E-state index >= 15 is 0 Å². The van der Waals surface area contributed by atoms with Crippen molar-refractivity contribution >= 4 is 11.9 Å². The van der Waals surface area contributed by atoms with Gasteiger partial charge in [0, 0.05) is 0 Å². The molecular formula is C14H26O6. The number of unbranched alkanes of at least 4 members (excludes halogenated alkanes) is 1. The zero-order valence-electron chi connectivity index (χ0n) is 12.9. The molecule has 0 aliphatic carbocycles. The first-order valence-corrected chi connectivity index (χ1v) is 6.88. The van der Waals surface area contributed by atoms with E-state index < -0.39 is 24.1 Å². The molecule has 3 atom stereocenters. The number of carbonyl (C=O) groups is 2. The first-order valence-electron chi connectivity index (χ1n) is 6.88. The van der Waals surface area contributed by atoms with Crippen LogP contribution in [0.3, 0.4) is 0 Å². The number of hydrogen-bond acceptors (Lipinski definition) is 6. The second kappa shape index (κ2) is 9.72. The molecule has 0 radical (unpaired) electrons. The van der Waals surface area contributed by atoms with Gasteiger partial charge in [-0.1, -0.05) is 33.6 Å². The van der Waals surface area contributed by atoms with Gasteiger partial charge in [0.25, 0.3) is 0 Å². The lowest BCUT2D eigenvalue weighted by Crippen LogP contribution is -2.45. The van der Waals surface area contributed by atoms with E-state index in [4.69, 9.17) is 4.74 Å². The molecule has 0 spiro atoms. The number of esters is 2. The van der Waals surface area contributed by atoms with Crippen molar-refractivity contribution in [3.05, 3.63) is 0 Å². The van der Waals surface area contributed by atoms with E-state index in [-0.39, 0.29) is 12.0 Å². The number of aliphatic hydroxyl groups excluding tert-OH is 1. The normalized spacial score (nSPS) is 15.6. The van der Waals surface area contributed by atoms with Crippen LogP contribution in [0.15, 0.2) is 0 Å². The third-order valence-corrected chi connectivity index (χ3v) is 3.07. The van der Waals surface area contributed by atoms with E-state index in [0.29, 0.717) is 0 Å². The largest absolute Gasteiger partial charge is 0.467 e. The standard InChI is InChI=1S/C14H26O6/c1-6-7-8-10(9(2)3)20-12(14(17)19-5)11(15)13(16)18-4/h9-12,15H,6-8H2,1-5H3/t10-,11-,12-/m1/s1. The molecule has 0 amide bonds. The predicted octanol–water partition coefficient (Wildman–Crippen LogP) is 1.29. The van der Waals surface area contributed by atoms with Gasteiger partial charge in [0.2, 0.25) is 0 Å². The van der Waals surface area contributed by atoms with Crippen LogP contribution >= 0.6 is 0 Å². The highest BCUT2D eigenvalue weighted by Gasteiger charge is 2.37. The van der Waals surface area contributed by atoms with Crippen LogP contribution in [0.4, 0.5) is 0 Å². The summed E-state index contributed by atoms with van der Waals surface area (Å²) in [6, 6.07) is 0. The van der Waals surface area contributed by atoms with Gasteiger partial charge in [0.15, 0.2) is 12.2 Å². The molecular weight excluding hydrogens is 264 g/mol. The van der Waals surface area contributed by atoms with Crippen molar-refractivity contribution in [1.29, 1.82) is 0 Å². The van der Waals surface area contributed by atoms with Crippen molar-refractivity contribution in [2.24, 2.45) is 5.92 Å². The topological polar surface area (TPSA) is 82.1 Å². The quantitative estimate of drug-likeness (QED) is 0.644. The molecule has 0 aromatic heterocycles. The molecule has 0 saturated heterocycles. The fraction of sp³-hybridized carbons (Fsp3) is 0.857. The van der Waals surface area contributed by atoms with E-state index in [2.05, 4.69) is 16.4 Å². The fourth-order valence-corrected chi connectivity index (χ4v) is 1.77. The Morgan fingerprint density at radius 1 is 1.10 bits per heavy atom. The maximum absolute atomic E-state index is 11.7.